The summed E-state index contributed by atoms with van der Waals surface area (Å²) >= 11 is 0. The number of benzene rings is 1. The number of halogens is 1. The Balaban J connectivity index is 2.52. The number of hydrogen-bond acceptors (Lipinski definition) is 2. The molecular weight excluding hydrogens is 195 g/mol. The van der Waals surface area contributed by atoms with Crippen LogP contribution in [0.1, 0.15) is 25.3 Å². The van der Waals surface area contributed by atoms with Gasteiger partial charge in [0.2, 0.25) is 5.91 Å². The fraction of sp³-hybridized carbons (Fsp3) is 0.364. The summed E-state index contributed by atoms with van der Waals surface area (Å²) in [7, 11) is 0. The maximum absolute atomic E-state index is 13.3. The van der Waals surface area contributed by atoms with Crippen molar-refractivity contribution in [1.29, 1.82) is 0 Å². The molecule has 0 aromatic heterocycles. The summed E-state index contributed by atoms with van der Waals surface area (Å²) in [4.78, 5) is 11.4. The van der Waals surface area contributed by atoms with E-state index in [0.717, 1.165) is 11.3 Å². The van der Waals surface area contributed by atoms with E-state index in [9.17, 15) is 9.18 Å². The maximum atomic E-state index is 13.3. The second-order valence-electron chi connectivity index (χ2n) is 3.66. The number of nitrogens with one attached hydrogen (secondary N) is 2. The Morgan fingerprint density at radius 1 is 1.53 bits per heavy atom. The van der Waals surface area contributed by atoms with Gasteiger partial charge in [-0.15, -0.1) is 0 Å². The zero-order chi connectivity index (χ0) is 11.0. The molecule has 0 aliphatic carbocycles. The first kappa shape index (κ1) is 9.96. The van der Waals surface area contributed by atoms with Crippen LogP contribution in [0.4, 0.5) is 15.8 Å². The molecule has 1 atom stereocenters. The summed E-state index contributed by atoms with van der Waals surface area (Å²) < 4.78 is 13.3. The summed E-state index contributed by atoms with van der Waals surface area (Å²) in [6.07, 6.45) is 0. The third-order valence-electron chi connectivity index (χ3n) is 2.61. The van der Waals surface area contributed by atoms with Crippen molar-refractivity contribution >= 4 is 17.3 Å². The predicted molar refractivity (Wildman–Crippen MR) is 57.6 cm³/mol. The lowest BCUT2D eigenvalue weighted by molar-refractivity contribution is -0.116. The summed E-state index contributed by atoms with van der Waals surface area (Å²) in [5, 5.41) is 5.79. The Labute approximate surface area is 87.7 Å². The predicted octanol–water partition coefficient (Wildman–Crippen LogP) is 2.31. The minimum atomic E-state index is -0.312. The molecule has 1 aliphatic rings. The van der Waals surface area contributed by atoms with Crippen LogP contribution in [0.15, 0.2) is 12.1 Å². The van der Waals surface area contributed by atoms with Gasteiger partial charge in [-0.1, -0.05) is 0 Å². The summed E-state index contributed by atoms with van der Waals surface area (Å²) in [5.74, 6) is -0.657. The number of carbonyl (C=O) groups is 1. The van der Waals surface area contributed by atoms with Crippen molar-refractivity contribution in [3.63, 3.8) is 0 Å². The number of hydrogen-bond donors (Lipinski definition) is 2. The van der Waals surface area contributed by atoms with Crippen molar-refractivity contribution in [2.24, 2.45) is 0 Å². The normalized spacial score (nSPS) is 18.6. The summed E-state index contributed by atoms with van der Waals surface area (Å²) in [6, 6.07) is 2.82. The lowest BCUT2D eigenvalue weighted by atomic mass is 10.0. The molecule has 3 nitrogen and oxygen atoms in total. The third-order valence-corrected chi connectivity index (χ3v) is 2.61. The largest absolute Gasteiger partial charge is 0.384 e. The fourth-order valence-corrected chi connectivity index (χ4v) is 1.81. The minimum absolute atomic E-state index is 0.0743. The van der Waals surface area contributed by atoms with Gasteiger partial charge in [0.1, 0.15) is 5.82 Å². The van der Waals surface area contributed by atoms with Crippen LogP contribution in [0, 0.1) is 5.82 Å². The second kappa shape index (κ2) is 3.53. The Hall–Kier alpha value is -1.58. The van der Waals surface area contributed by atoms with E-state index < -0.39 is 0 Å². The van der Waals surface area contributed by atoms with Crippen molar-refractivity contribution in [2.75, 3.05) is 17.2 Å². The Morgan fingerprint density at radius 3 is 2.93 bits per heavy atom. The number of rotatable bonds is 2. The van der Waals surface area contributed by atoms with E-state index in [2.05, 4.69) is 10.6 Å². The van der Waals surface area contributed by atoms with Crippen molar-refractivity contribution in [1.82, 2.24) is 0 Å². The van der Waals surface area contributed by atoms with Gasteiger partial charge in [-0.3, -0.25) is 4.79 Å². The first-order valence-electron chi connectivity index (χ1n) is 5.01. The minimum Gasteiger partial charge on any atom is -0.384 e. The molecule has 15 heavy (non-hydrogen) atoms. The molecule has 1 heterocycles. The van der Waals surface area contributed by atoms with E-state index in [1.54, 1.807) is 6.92 Å². The van der Waals surface area contributed by atoms with E-state index in [-0.39, 0.29) is 17.6 Å². The van der Waals surface area contributed by atoms with Crippen molar-refractivity contribution in [2.45, 2.75) is 19.8 Å². The van der Waals surface area contributed by atoms with Crippen LogP contribution < -0.4 is 10.6 Å². The van der Waals surface area contributed by atoms with E-state index in [1.807, 2.05) is 6.92 Å². The molecule has 0 spiro atoms. The monoisotopic (exact) mass is 208 g/mol. The van der Waals surface area contributed by atoms with Crippen molar-refractivity contribution in [3.05, 3.63) is 23.5 Å². The number of anilines is 2. The molecule has 4 heteroatoms. The quantitative estimate of drug-likeness (QED) is 0.783. The van der Waals surface area contributed by atoms with Crippen molar-refractivity contribution in [3.8, 4) is 0 Å². The van der Waals surface area contributed by atoms with E-state index >= 15 is 0 Å². The van der Waals surface area contributed by atoms with Crippen LogP contribution in [0.3, 0.4) is 0 Å². The highest BCUT2D eigenvalue weighted by Crippen LogP contribution is 2.38. The van der Waals surface area contributed by atoms with Gasteiger partial charge < -0.3 is 10.6 Å². The van der Waals surface area contributed by atoms with Gasteiger partial charge in [-0.05, 0) is 31.5 Å². The zero-order valence-corrected chi connectivity index (χ0v) is 8.73. The second-order valence-corrected chi connectivity index (χ2v) is 3.66. The molecule has 1 aliphatic heterocycles. The van der Waals surface area contributed by atoms with E-state index in [0.29, 0.717) is 12.2 Å². The van der Waals surface area contributed by atoms with Crippen molar-refractivity contribution < 1.29 is 9.18 Å². The molecule has 80 valence electrons. The molecule has 1 amide bonds. The topological polar surface area (TPSA) is 41.1 Å². The average Bonchev–Trinajstić information content (AvgIpc) is 2.46. The van der Waals surface area contributed by atoms with Crippen LogP contribution in [-0.2, 0) is 4.79 Å². The Morgan fingerprint density at radius 2 is 2.27 bits per heavy atom. The number of carbonyl (C=O) groups excluding carboxylic acids is 1. The molecule has 0 saturated heterocycles. The SMILES string of the molecule is CCNc1cc(F)cc2c1NC(=O)C2C. The summed E-state index contributed by atoms with van der Waals surface area (Å²) in [6.45, 7) is 4.40. The van der Waals surface area contributed by atoms with Gasteiger partial charge >= 0.3 is 0 Å². The molecule has 0 bridgehead atoms. The number of fused-ring (bicyclic) bond motifs is 1. The first-order valence-corrected chi connectivity index (χ1v) is 5.01. The van der Waals surface area contributed by atoms with Crippen LogP contribution in [0.5, 0.6) is 0 Å². The third kappa shape index (κ3) is 1.56. The highest BCUT2D eigenvalue weighted by Gasteiger charge is 2.29. The number of amides is 1. The fourth-order valence-electron chi connectivity index (χ4n) is 1.81. The molecule has 0 fully saturated rings. The van der Waals surface area contributed by atoms with Gasteiger partial charge in [0.15, 0.2) is 0 Å². The Bertz CT molecular complexity index is 417. The van der Waals surface area contributed by atoms with E-state index in [4.69, 9.17) is 0 Å². The molecular formula is C11H13FN2O. The molecule has 0 radical (unpaired) electrons. The molecule has 0 saturated carbocycles. The highest BCUT2D eigenvalue weighted by molar-refractivity contribution is 6.05. The van der Waals surface area contributed by atoms with Gasteiger partial charge in [-0.25, -0.2) is 4.39 Å². The first-order chi connectivity index (χ1) is 7.13. The van der Waals surface area contributed by atoms with Crippen LogP contribution in [0.25, 0.3) is 0 Å². The smallest absolute Gasteiger partial charge is 0.231 e. The highest BCUT2D eigenvalue weighted by atomic mass is 19.1. The molecule has 1 aromatic rings. The molecule has 2 rings (SSSR count). The van der Waals surface area contributed by atoms with E-state index in [1.165, 1.54) is 12.1 Å². The maximum Gasteiger partial charge on any atom is 0.231 e. The average molecular weight is 208 g/mol. The molecule has 1 unspecified atom stereocenters. The van der Waals surface area contributed by atoms with Gasteiger partial charge in [0.25, 0.3) is 0 Å². The van der Waals surface area contributed by atoms with Gasteiger partial charge in [-0.2, -0.15) is 0 Å². The van der Waals surface area contributed by atoms with Crippen LogP contribution in [-0.4, -0.2) is 12.5 Å². The standard InChI is InChI=1S/C11H13FN2O/c1-3-13-9-5-7(12)4-8-6(2)11(15)14-10(8)9/h4-6,13H,3H2,1-2H3,(H,14,15). The molecule has 1 aromatic carbocycles. The summed E-state index contributed by atoms with van der Waals surface area (Å²) in [5.41, 5.74) is 2.11. The van der Waals surface area contributed by atoms with Crippen LogP contribution in [0.2, 0.25) is 0 Å². The zero-order valence-electron chi connectivity index (χ0n) is 8.73. The van der Waals surface area contributed by atoms with Gasteiger partial charge in [0, 0.05) is 6.54 Å². The Kier molecular flexibility index (Phi) is 2.34. The lowest BCUT2D eigenvalue weighted by Gasteiger charge is -2.09. The van der Waals surface area contributed by atoms with Crippen LogP contribution >= 0.6 is 0 Å². The lowest BCUT2D eigenvalue weighted by Crippen LogP contribution is -2.09. The van der Waals surface area contributed by atoms with Gasteiger partial charge in [0.05, 0.1) is 17.3 Å². The molecule has 2 N–H and O–H groups in total.